The van der Waals surface area contributed by atoms with Crippen LogP contribution >= 0.6 is 0 Å². The lowest BCUT2D eigenvalue weighted by atomic mass is 9.82. The van der Waals surface area contributed by atoms with Crippen molar-refractivity contribution in [2.45, 2.75) is 84.7 Å². The lowest BCUT2D eigenvalue weighted by molar-refractivity contribution is 0.170. The summed E-state index contributed by atoms with van der Waals surface area (Å²) in [6, 6.07) is 15.5. The first-order valence-electron chi connectivity index (χ1n) is 11.6. The number of phenols is 1. The predicted molar refractivity (Wildman–Crippen MR) is 127 cm³/mol. The van der Waals surface area contributed by atoms with Crippen LogP contribution in [0, 0.1) is 6.92 Å². The maximum Gasteiger partial charge on any atom is 0.119 e. The lowest BCUT2D eigenvalue weighted by Gasteiger charge is -2.33. The van der Waals surface area contributed by atoms with Crippen LogP contribution in [-0.4, -0.2) is 40.3 Å². The van der Waals surface area contributed by atoms with E-state index in [1.165, 1.54) is 16.7 Å². The highest BCUT2D eigenvalue weighted by atomic mass is 16.3. The van der Waals surface area contributed by atoms with E-state index in [9.17, 15) is 5.11 Å². The molecule has 2 rings (SSSR count). The Bertz CT molecular complexity index is 747. The molecule has 0 bridgehead atoms. The van der Waals surface area contributed by atoms with E-state index in [1.807, 2.05) is 12.1 Å². The minimum absolute atomic E-state index is 0.166. The number of unbranched alkanes of at least 4 members (excludes halogenated alkanes) is 2. The highest BCUT2D eigenvalue weighted by molar-refractivity contribution is 5.50. The topological polar surface area (TPSA) is 43.7 Å². The zero-order chi connectivity index (χ0) is 22.1. The van der Waals surface area contributed by atoms with Gasteiger partial charge >= 0.3 is 0 Å². The molecular weight excluding hydrogens is 370 g/mol. The molecule has 2 aromatic carbocycles. The average Bonchev–Trinajstić information content (AvgIpc) is 2.71. The van der Waals surface area contributed by atoms with Gasteiger partial charge in [-0.15, -0.1) is 0 Å². The normalized spacial score (nSPS) is 12.8. The molecule has 1 atom stereocenters. The van der Waals surface area contributed by atoms with Gasteiger partial charge in [0, 0.05) is 30.2 Å². The smallest absolute Gasteiger partial charge is 0.119 e. The third kappa shape index (κ3) is 6.58. The maximum absolute atomic E-state index is 11.0. The molecule has 0 aromatic heterocycles. The number of rotatable bonds is 12. The van der Waals surface area contributed by atoms with Crippen LogP contribution < -0.4 is 0 Å². The number of aryl methyl sites for hydroxylation is 1. The van der Waals surface area contributed by atoms with Crippen molar-refractivity contribution in [2.24, 2.45) is 0 Å². The van der Waals surface area contributed by atoms with Gasteiger partial charge in [0.2, 0.25) is 0 Å². The Morgan fingerprint density at radius 1 is 0.867 bits per heavy atom. The zero-order valence-corrected chi connectivity index (χ0v) is 19.6. The van der Waals surface area contributed by atoms with Gasteiger partial charge < -0.3 is 10.2 Å². The van der Waals surface area contributed by atoms with E-state index in [-0.39, 0.29) is 12.5 Å². The van der Waals surface area contributed by atoms with Gasteiger partial charge in [-0.3, -0.25) is 4.90 Å². The van der Waals surface area contributed by atoms with Gasteiger partial charge in [0.05, 0.1) is 0 Å². The molecule has 30 heavy (non-hydrogen) atoms. The monoisotopic (exact) mass is 411 g/mol. The molecule has 0 aliphatic heterocycles. The van der Waals surface area contributed by atoms with Crippen molar-refractivity contribution < 1.29 is 10.2 Å². The van der Waals surface area contributed by atoms with Crippen LogP contribution in [0.5, 0.6) is 5.75 Å². The summed E-state index contributed by atoms with van der Waals surface area (Å²) in [4.78, 5) is 2.53. The minimum atomic E-state index is 0.166. The van der Waals surface area contributed by atoms with Crippen LogP contribution in [0.4, 0.5) is 0 Å². The standard InChI is InChI=1S/C27H41NO2/c1-20(2)28(21(3)4)18-17-25(23-12-8-6-9-13-23)27-24(14-10-7-11-19-29)22(5)15-16-26(27)30/h6,8-9,12-13,15-16,20-21,25,29-30H,7,10-11,14,17-19H2,1-5H3/t25-/m1/s1. The summed E-state index contributed by atoms with van der Waals surface area (Å²) in [6.45, 7) is 12.4. The fraction of sp³-hybridized carbons (Fsp3) is 0.556. The third-order valence-corrected chi connectivity index (χ3v) is 6.21. The number of phenolic OH excluding ortho intramolecular Hbond substituents is 1. The van der Waals surface area contributed by atoms with Gasteiger partial charge in [0.25, 0.3) is 0 Å². The molecule has 2 N–H and O–H groups in total. The lowest BCUT2D eigenvalue weighted by Crippen LogP contribution is -2.38. The van der Waals surface area contributed by atoms with E-state index in [1.54, 1.807) is 0 Å². The summed E-state index contributed by atoms with van der Waals surface area (Å²) in [5, 5.41) is 20.1. The van der Waals surface area contributed by atoms with Gasteiger partial charge in [0.1, 0.15) is 5.75 Å². The van der Waals surface area contributed by atoms with Crippen LogP contribution in [0.3, 0.4) is 0 Å². The summed E-state index contributed by atoms with van der Waals surface area (Å²) >= 11 is 0. The molecule has 0 aliphatic rings. The zero-order valence-electron chi connectivity index (χ0n) is 19.6. The Morgan fingerprint density at radius 3 is 2.13 bits per heavy atom. The summed E-state index contributed by atoms with van der Waals surface area (Å²) in [7, 11) is 0. The molecule has 0 heterocycles. The SMILES string of the molecule is Cc1ccc(O)c([C@H](CCN(C(C)C)C(C)C)c2ccccc2)c1CCCCCO. The number of nitrogens with zero attached hydrogens (tertiary/aromatic N) is 1. The van der Waals surface area contributed by atoms with Crippen molar-refractivity contribution in [3.8, 4) is 5.75 Å². The third-order valence-electron chi connectivity index (χ3n) is 6.21. The van der Waals surface area contributed by atoms with Crippen molar-refractivity contribution >= 4 is 0 Å². The van der Waals surface area contributed by atoms with Gasteiger partial charge in [-0.05, 0) is 89.6 Å². The first kappa shape index (κ1) is 24.4. The Labute approximate surface area is 183 Å². The Hall–Kier alpha value is -1.84. The largest absolute Gasteiger partial charge is 0.508 e. The fourth-order valence-corrected chi connectivity index (χ4v) is 4.63. The van der Waals surface area contributed by atoms with Gasteiger partial charge in [-0.2, -0.15) is 0 Å². The average molecular weight is 412 g/mol. The number of aromatic hydroxyl groups is 1. The number of aliphatic hydroxyl groups excluding tert-OH is 1. The molecule has 0 fully saturated rings. The maximum atomic E-state index is 11.0. The highest BCUT2D eigenvalue weighted by Crippen LogP contribution is 2.39. The van der Waals surface area contributed by atoms with Crippen molar-refractivity contribution in [3.63, 3.8) is 0 Å². The molecular formula is C27H41NO2. The van der Waals surface area contributed by atoms with E-state index in [4.69, 9.17) is 5.11 Å². The van der Waals surface area contributed by atoms with Gasteiger partial charge in [-0.1, -0.05) is 42.8 Å². The molecule has 0 aliphatic carbocycles. The van der Waals surface area contributed by atoms with Crippen molar-refractivity contribution in [1.29, 1.82) is 0 Å². The van der Waals surface area contributed by atoms with E-state index < -0.39 is 0 Å². The molecule has 0 saturated carbocycles. The van der Waals surface area contributed by atoms with E-state index in [0.717, 1.165) is 44.2 Å². The van der Waals surface area contributed by atoms with E-state index in [2.05, 4.69) is 69.9 Å². The molecule has 2 aromatic rings. The van der Waals surface area contributed by atoms with Crippen molar-refractivity contribution in [2.75, 3.05) is 13.2 Å². The van der Waals surface area contributed by atoms with Gasteiger partial charge in [0.15, 0.2) is 0 Å². The number of hydrogen-bond acceptors (Lipinski definition) is 3. The first-order valence-corrected chi connectivity index (χ1v) is 11.6. The second-order valence-corrected chi connectivity index (χ2v) is 9.01. The molecule has 0 radical (unpaired) electrons. The molecule has 0 saturated heterocycles. The van der Waals surface area contributed by atoms with Crippen LogP contribution in [0.25, 0.3) is 0 Å². The highest BCUT2D eigenvalue weighted by Gasteiger charge is 2.24. The second kappa shape index (κ2) is 12.1. The fourth-order valence-electron chi connectivity index (χ4n) is 4.63. The number of hydrogen-bond donors (Lipinski definition) is 2. The first-order chi connectivity index (χ1) is 14.4. The molecule has 0 amide bonds. The van der Waals surface area contributed by atoms with Crippen molar-refractivity contribution in [3.05, 3.63) is 64.7 Å². The Kier molecular flexibility index (Phi) is 9.87. The predicted octanol–water partition coefficient (Wildman–Crippen LogP) is 6.05. The molecule has 0 unspecified atom stereocenters. The van der Waals surface area contributed by atoms with Crippen LogP contribution in [0.15, 0.2) is 42.5 Å². The van der Waals surface area contributed by atoms with Gasteiger partial charge in [-0.25, -0.2) is 0 Å². The van der Waals surface area contributed by atoms with Crippen molar-refractivity contribution in [1.82, 2.24) is 4.90 Å². The molecule has 3 heteroatoms. The summed E-state index contributed by atoms with van der Waals surface area (Å²) in [5.74, 6) is 0.575. The number of aliphatic hydroxyl groups is 1. The molecule has 3 nitrogen and oxygen atoms in total. The van der Waals surface area contributed by atoms with Crippen LogP contribution in [-0.2, 0) is 6.42 Å². The van der Waals surface area contributed by atoms with Crippen LogP contribution in [0.1, 0.15) is 81.5 Å². The van der Waals surface area contributed by atoms with Crippen LogP contribution in [0.2, 0.25) is 0 Å². The van der Waals surface area contributed by atoms with E-state index >= 15 is 0 Å². The molecule has 166 valence electrons. The number of benzene rings is 2. The summed E-state index contributed by atoms with van der Waals surface area (Å²) < 4.78 is 0. The summed E-state index contributed by atoms with van der Waals surface area (Å²) in [6.07, 6.45) is 4.80. The second-order valence-electron chi connectivity index (χ2n) is 9.01. The Morgan fingerprint density at radius 2 is 1.53 bits per heavy atom. The summed E-state index contributed by atoms with van der Waals surface area (Å²) in [5.41, 5.74) is 4.89. The Balaban J connectivity index is 2.42. The quantitative estimate of drug-likeness (QED) is 0.418. The van der Waals surface area contributed by atoms with E-state index in [0.29, 0.717) is 17.8 Å². The minimum Gasteiger partial charge on any atom is -0.508 e. The molecule has 0 spiro atoms.